The van der Waals surface area contributed by atoms with E-state index in [1.54, 1.807) is 24.3 Å². The van der Waals surface area contributed by atoms with Crippen molar-refractivity contribution in [2.45, 2.75) is 72.1 Å². The number of benzene rings is 1. The highest BCUT2D eigenvalue weighted by Crippen LogP contribution is 2.32. The molecule has 1 saturated carbocycles. The molecule has 6 nitrogen and oxygen atoms in total. The fourth-order valence-electron chi connectivity index (χ4n) is 3.73. The van der Waals surface area contributed by atoms with Gasteiger partial charge in [0.2, 0.25) is 5.91 Å². The summed E-state index contributed by atoms with van der Waals surface area (Å²) in [5, 5.41) is 0. The van der Waals surface area contributed by atoms with Crippen molar-refractivity contribution in [1.29, 1.82) is 0 Å². The Morgan fingerprint density at radius 2 is 1.67 bits per heavy atom. The number of hydrogen-bond acceptors (Lipinski definition) is 5. The maximum Gasteiger partial charge on any atom is 0.342 e. The van der Waals surface area contributed by atoms with Gasteiger partial charge in [-0.05, 0) is 59.1 Å². The Kier molecular flexibility index (Phi) is 6.99. The first-order valence-electron chi connectivity index (χ1n) is 9.53. The van der Waals surface area contributed by atoms with Gasteiger partial charge in [-0.25, -0.2) is 4.79 Å². The largest absolute Gasteiger partial charge is 0.458 e. The average Bonchev–Trinajstić information content (AvgIpc) is 3.02. The highest BCUT2D eigenvalue weighted by Gasteiger charge is 2.39. The van der Waals surface area contributed by atoms with Crippen molar-refractivity contribution >= 4 is 17.8 Å². The summed E-state index contributed by atoms with van der Waals surface area (Å²) < 4.78 is 10.8. The Hall–Kier alpha value is -2.37. The normalized spacial score (nSPS) is 19.2. The Morgan fingerprint density at radius 3 is 2.26 bits per heavy atom. The predicted molar refractivity (Wildman–Crippen MR) is 101 cm³/mol. The fraction of sp³-hybridized carbons (Fsp3) is 0.571. The van der Waals surface area contributed by atoms with Crippen LogP contribution < -0.4 is 4.74 Å². The third-order valence-corrected chi connectivity index (χ3v) is 4.76. The van der Waals surface area contributed by atoms with E-state index < -0.39 is 18.0 Å². The van der Waals surface area contributed by atoms with Crippen LogP contribution in [0.1, 0.15) is 64.2 Å². The van der Waals surface area contributed by atoms with Crippen molar-refractivity contribution < 1.29 is 23.9 Å². The van der Waals surface area contributed by atoms with E-state index in [-0.39, 0.29) is 35.2 Å². The summed E-state index contributed by atoms with van der Waals surface area (Å²) in [7, 11) is 0. The fourth-order valence-corrected chi connectivity index (χ4v) is 3.73. The number of carbonyl (C=O) groups is 3. The van der Waals surface area contributed by atoms with Gasteiger partial charge in [-0.15, -0.1) is 0 Å². The van der Waals surface area contributed by atoms with Crippen molar-refractivity contribution in [3.63, 3.8) is 0 Å². The van der Waals surface area contributed by atoms with Gasteiger partial charge in [0.15, 0.2) is 0 Å². The Labute approximate surface area is 160 Å². The molecule has 1 fully saturated rings. The minimum absolute atomic E-state index is 0.0311. The minimum atomic E-state index is -0.572. The number of hydrogen-bond donors (Lipinski definition) is 0. The molecule has 1 aliphatic carbocycles. The van der Waals surface area contributed by atoms with Gasteiger partial charge in [-0.1, -0.05) is 12.1 Å². The van der Waals surface area contributed by atoms with Crippen molar-refractivity contribution in [2.24, 2.45) is 5.92 Å². The van der Waals surface area contributed by atoms with Gasteiger partial charge < -0.3 is 14.4 Å². The molecule has 1 aromatic carbocycles. The summed E-state index contributed by atoms with van der Waals surface area (Å²) in [4.78, 5) is 38.8. The van der Waals surface area contributed by atoms with Crippen LogP contribution in [0.3, 0.4) is 0 Å². The lowest BCUT2D eigenvalue weighted by Crippen LogP contribution is -2.47. The predicted octanol–water partition coefficient (Wildman–Crippen LogP) is 3.58. The van der Waals surface area contributed by atoms with Crippen LogP contribution in [0, 0.1) is 5.92 Å². The number of esters is 2. The molecular weight excluding hydrogens is 346 g/mol. The highest BCUT2D eigenvalue weighted by atomic mass is 16.6. The lowest BCUT2D eigenvalue weighted by Gasteiger charge is -2.34. The van der Waals surface area contributed by atoms with E-state index in [9.17, 15) is 14.4 Å². The molecule has 1 unspecified atom stereocenters. The lowest BCUT2D eigenvalue weighted by molar-refractivity contribution is -0.142. The van der Waals surface area contributed by atoms with E-state index in [2.05, 4.69) is 0 Å². The molecule has 148 valence electrons. The second-order valence-electron chi connectivity index (χ2n) is 7.50. The van der Waals surface area contributed by atoms with Gasteiger partial charge in [0.1, 0.15) is 17.4 Å². The third kappa shape index (κ3) is 5.08. The van der Waals surface area contributed by atoms with E-state index in [1.165, 1.54) is 6.92 Å². The summed E-state index contributed by atoms with van der Waals surface area (Å²) in [5.41, 5.74) is 0.190. The molecule has 0 bridgehead atoms. The first-order valence-corrected chi connectivity index (χ1v) is 9.53. The number of rotatable bonds is 6. The molecule has 0 radical (unpaired) electrons. The molecule has 0 N–H and O–H groups in total. The third-order valence-electron chi connectivity index (χ3n) is 4.76. The van der Waals surface area contributed by atoms with Crippen LogP contribution in [0.15, 0.2) is 24.3 Å². The number of carbonyl (C=O) groups excluding carboxylic acids is 3. The zero-order valence-corrected chi connectivity index (χ0v) is 16.7. The zero-order chi connectivity index (χ0) is 20.1. The lowest BCUT2D eigenvalue weighted by atomic mass is 10.0. The molecule has 1 aliphatic rings. The van der Waals surface area contributed by atoms with E-state index in [0.29, 0.717) is 12.8 Å². The van der Waals surface area contributed by atoms with Crippen molar-refractivity contribution in [3.8, 4) is 5.75 Å². The van der Waals surface area contributed by atoms with Crippen molar-refractivity contribution in [1.82, 2.24) is 4.90 Å². The molecule has 6 heteroatoms. The molecular formula is C21H29NO5. The molecule has 1 amide bonds. The van der Waals surface area contributed by atoms with Crippen LogP contribution in [0.25, 0.3) is 0 Å². The van der Waals surface area contributed by atoms with Crippen LogP contribution in [0.5, 0.6) is 5.75 Å². The Bertz CT molecular complexity index is 690. The number of nitrogens with zero attached hydrogens (tertiary/aromatic N) is 1. The first kappa shape index (κ1) is 20.9. The molecule has 2 rings (SSSR count). The first-order chi connectivity index (χ1) is 12.7. The van der Waals surface area contributed by atoms with Crippen molar-refractivity contribution in [2.75, 3.05) is 0 Å². The zero-order valence-electron chi connectivity index (χ0n) is 16.7. The van der Waals surface area contributed by atoms with Gasteiger partial charge >= 0.3 is 11.9 Å². The molecule has 1 aromatic rings. The second-order valence-corrected chi connectivity index (χ2v) is 7.50. The average molecular weight is 375 g/mol. The van der Waals surface area contributed by atoms with Crippen LogP contribution in [0.2, 0.25) is 0 Å². The highest BCUT2D eigenvalue weighted by molar-refractivity contribution is 5.93. The van der Waals surface area contributed by atoms with Crippen LogP contribution in [-0.2, 0) is 14.3 Å². The maximum atomic E-state index is 13.0. The summed E-state index contributed by atoms with van der Waals surface area (Å²) >= 11 is 0. The maximum absolute atomic E-state index is 13.0. The van der Waals surface area contributed by atoms with E-state index >= 15 is 0 Å². The Balaban J connectivity index is 2.16. The summed E-state index contributed by atoms with van der Waals surface area (Å²) in [6, 6.07) is 6.63. The van der Waals surface area contributed by atoms with Gasteiger partial charge in [0.25, 0.3) is 0 Å². The number of amides is 1. The van der Waals surface area contributed by atoms with Crippen LogP contribution in [0.4, 0.5) is 0 Å². The van der Waals surface area contributed by atoms with E-state index in [4.69, 9.17) is 9.47 Å². The molecule has 0 aromatic heterocycles. The van der Waals surface area contributed by atoms with Gasteiger partial charge in [-0.3, -0.25) is 9.59 Å². The monoisotopic (exact) mass is 375 g/mol. The van der Waals surface area contributed by atoms with Gasteiger partial charge in [0, 0.05) is 19.0 Å². The summed E-state index contributed by atoms with van der Waals surface area (Å²) in [6.45, 7) is 9.24. The molecule has 0 saturated heterocycles. The smallest absolute Gasteiger partial charge is 0.342 e. The van der Waals surface area contributed by atoms with Crippen molar-refractivity contribution in [3.05, 3.63) is 29.8 Å². The number of para-hydroxylation sites is 1. The molecule has 2 atom stereocenters. The molecule has 0 aliphatic heterocycles. The van der Waals surface area contributed by atoms with E-state index in [1.807, 2.05) is 32.6 Å². The standard InChI is InChI=1S/C21H29NO5/c1-13(2)22(14(3)4)20(24)16-10-8-12-18(16)27-21(25)17-9-6-7-11-19(17)26-15(5)23/h6-7,9,11,13-14,16,18H,8,10,12H2,1-5H3/t16-,18?/m0/s1. The number of ether oxygens (including phenoxy) is 2. The second kappa shape index (κ2) is 9.02. The summed E-state index contributed by atoms with van der Waals surface area (Å²) in [5.74, 6) is -1.21. The Morgan fingerprint density at radius 1 is 1.04 bits per heavy atom. The quantitative estimate of drug-likeness (QED) is 0.561. The van der Waals surface area contributed by atoms with Gasteiger partial charge in [0.05, 0.1) is 5.92 Å². The van der Waals surface area contributed by atoms with Crippen LogP contribution in [-0.4, -0.2) is 40.9 Å². The molecule has 27 heavy (non-hydrogen) atoms. The van der Waals surface area contributed by atoms with E-state index in [0.717, 1.165) is 6.42 Å². The van der Waals surface area contributed by atoms with Crippen LogP contribution >= 0.6 is 0 Å². The summed E-state index contributed by atoms with van der Waals surface area (Å²) in [6.07, 6.45) is 1.74. The molecule has 0 heterocycles. The molecule has 0 spiro atoms. The SMILES string of the molecule is CC(=O)Oc1ccccc1C(=O)OC1CCC[C@@H]1C(=O)N(C(C)C)C(C)C. The topological polar surface area (TPSA) is 72.9 Å². The van der Waals surface area contributed by atoms with Gasteiger partial charge in [-0.2, -0.15) is 0 Å². The minimum Gasteiger partial charge on any atom is -0.458 e.